The summed E-state index contributed by atoms with van der Waals surface area (Å²) in [7, 11) is 6.01. The number of allylic oxidation sites excluding steroid dienone is 32. The number of ether oxygens (including phenoxy) is 2. The van der Waals surface area contributed by atoms with Crippen LogP contribution in [0.15, 0.2) is 273 Å². The number of para-hydroxylation sites is 2. The highest BCUT2D eigenvalue weighted by atomic mass is 16.6. The van der Waals surface area contributed by atoms with E-state index in [9.17, 15) is 54.0 Å². The maximum Gasteiger partial charge on any atom is 0.339 e. The van der Waals surface area contributed by atoms with E-state index in [0.29, 0.717) is 59.4 Å². The Morgan fingerprint density at radius 2 is 0.752 bits per heavy atom. The van der Waals surface area contributed by atoms with E-state index in [2.05, 4.69) is 266 Å². The number of aryl methyl sites for hydroxylation is 1. The third-order valence-electron chi connectivity index (χ3n) is 19.8. The first kappa shape index (κ1) is 146. The number of anilines is 1. The number of carboxylic acid groups (broad SMARTS) is 1. The van der Waals surface area contributed by atoms with Gasteiger partial charge >= 0.3 is 11.9 Å². The lowest BCUT2D eigenvalue weighted by atomic mass is 9.86. The number of rotatable bonds is 50. The SMILES string of the molecule is CC(=O)Nc1ccc(OC(C)(C)C)cc1.CC(C)(C)C(=O)CC(O)C[N+](C)(C)C.CC(C)(C)C(=O)c1ccccc1O.CC(C)C.CC/C=C\C/C=C\C/C=C\C/C=C\C/C=C\C/C=C\CC(=O)C(C)(C)C.CC/C=C\C/C=C\C/C=C\C/C=C\C/C=C\CCCC(=O)C(C)(C)C.CC/C=C\C/C=C\C/C=C\C/C=C\C/C=C\CCCC(=O)OC(C)(C)C.Cc1ncc(CO)c(CNC(C)(C)C)c1O.O=C(O)c1ccccc1O. The molecule has 19 nitrogen and oxygen atoms in total. The van der Waals surface area contributed by atoms with Crippen LogP contribution in [0.5, 0.6) is 23.0 Å². The number of nitrogens with one attached hydrogen (secondary N) is 2. The average molecular weight is 2060 g/mol. The van der Waals surface area contributed by atoms with Crippen molar-refractivity contribution in [3.63, 3.8) is 0 Å². The Hall–Kier alpha value is -11.2. The van der Waals surface area contributed by atoms with Crippen molar-refractivity contribution in [2.45, 2.75) is 391 Å². The number of phenolic OH excluding ortho intramolecular Hbond substituents is 1. The van der Waals surface area contributed by atoms with Crippen molar-refractivity contribution in [1.29, 1.82) is 0 Å². The number of unbranched alkanes of at least 4 members (excludes halogenated alkanes) is 2. The predicted octanol–water partition coefficient (Wildman–Crippen LogP) is 33.2. The Kier molecular flexibility index (Phi) is 84.8. The Labute approximate surface area is 905 Å². The van der Waals surface area contributed by atoms with Crippen LogP contribution in [0.25, 0.3) is 0 Å². The monoisotopic (exact) mass is 2060 g/mol. The number of carbonyl (C=O) groups excluding carboxylic acids is 6. The van der Waals surface area contributed by atoms with Crippen LogP contribution in [-0.4, -0.2) is 132 Å². The number of pyridine rings is 1. The summed E-state index contributed by atoms with van der Waals surface area (Å²) in [4.78, 5) is 83.5. The summed E-state index contributed by atoms with van der Waals surface area (Å²) in [5, 5.41) is 61.5. The van der Waals surface area contributed by atoms with E-state index in [1.807, 2.05) is 176 Å². The van der Waals surface area contributed by atoms with Crippen molar-refractivity contribution < 1.29 is 78.2 Å². The minimum Gasteiger partial charge on any atom is -0.507 e. The molecule has 1 heterocycles. The molecule has 1 aromatic heterocycles. The Morgan fingerprint density at radius 1 is 0.423 bits per heavy atom. The number of esters is 1. The highest BCUT2D eigenvalue weighted by Gasteiger charge is 2.28. The number of phenols is 2. The van der Waals surface area contributed by atoms with E-state index in [0.717, 1.165) is 151 Å². The number of likely N-dealkylation sites (N-methyl/N-ethyl adjacent to an activating group) is 1. The van der Waals surface area contributed by atoms with Crippen molar-refractivity contribution in [2.24, 2.45) is 27.6 Å². The molecule has 1 atom stereocenters. The van der Waals surface area contributed by atoms with Crippen molar-refractivity contribution >= 4 is 46.7 Å². The van der Waals surface area contributed by atoms with Gasteiger partial charge in [-0.15, -0.1) is 0 Å². The lowest BCUT2D eigenvalue weighted by Gasteiger charge is -2.27. The van der Waals surface area contributed by atoms with Crippen LogP contribution in [-0.2, 0) is 41.9 Å². The molecule has 0 spiro atoms. The second-order valence-corrected chi connectivity index (χ2v) is 44.8. The summed E-state index contributed by atoms with van der Waals surface area (Å²) in [5.41, 5.74) is 1.27. The standard InChI is InChI=1S/C25H38O.C24H38O2.C24H38O.C12H20N2O2.C12H17NO2.C11H24NO2.C11H14O2.C7H6O3.C4H10/c1-5-6-7-8-9-10-11-12-13-14-15-16-17-18-19-20-21-22-23-24(26)25(2,3)4;1-5-6-7-8-9-10-11-12-13-14-15-16-17-18-19-20-21-22-23(25)26-24(2,3)4;1-5-6-7-8-9-10-11-12-13-14-15-16-17-18-19-20-21-22-23(25)24(2,3)4;1-8-11(16)10(6-14-12(2,3)4)9(7-15)5-13-8;1-9(14)13-10-5-7-11(8-6-10)15-12(2,3)4;1-11(2,3)10(14)7-9(13)8-12(4,5)6;1-11(2,3)10(13)8-6-4-5-7-9(8)12;8-6-4-2-1-3-5(6)7(9)10;1-4(2)3/h6-7,9-10,12-13,15-16,18-19,21-22H,5,8,11,14,17,20,23H2,1-4H3;6-7,9-10,12-13,15-16,18-19H,5,8,11,14,17,20-22H2,1-4H3;6-7,9-10,12-13,15-16,18-19H,5,8,11,14,17,20-22H2,1-4H3;5,14-16H,6-7H2,1-4H3;5-8H,1-4H3,(H,13,14);9,13H,7-8H2,1-6H3;4-7,12H,1-3H3;1-4,8H,(H,9,10);4H,1-3H3/q;;;;;+1;;;/b7-6-,10-9-,13-12-,16-15-,19-18-,22-21-;2*7-6-,10-9-,13-12-,16-15-,19-18-;;;;;;. The molecule has 0 saturated heterocycles. The molecular formula is C130H205N4O15+. The summed E-state index contributed by atoms with van der Waals surface area (Å²) in [5.74, 6) is 1.11. The number of amides is 1. The van der Waals surface area contributed by atoms with Gasteiger partial charge in [0.1, 0.15) is 69.8 Å². The second kappa shape index (κ2) is 86.5. The topological polar surface area (TPSA) is 296 Å². The predicted molar refractivity (Wildman–Crippen MR) is 634 cm³/mol. The van der Waals surface area contributed by atoms with Crippen LogP contribution in [0.1, 0.15) is 386 Å². The number of ketones is 4. The average Bonchev–Trinajstić information content (AvgIpc) is 0.836. The van der Waals surface area contributed by atoms with Crippen molar-refractivity contribution in [2.75, 3.05) is 33.0 Å². The van der Waals surface area contributed by atoms with E-state index in [1.165, 1.54) is 25.1 Å². The van der Waals surface area contributed by atoms with Crippen LogP contribution >= 0.6 is 0 Å². The zero-order valence-electron chi connectivity index (χ0n) is 98.5. The molecule has 834 valence electrons. The summed E-state index contributed by atoms with van der Waals surface area (Å²) in [6.45, 7) is 58.1. The molecule has 149 heavy (non-hydrogen) atoms. The van der Waals surface area contributed by atoms with Gasteiger partial charge in [-0.3, -0.25) is 33.8 Å². The van der Waals surface area contributed by atoms with Gasteiger partial charge in [-0.2, -0.15) is 0 Å². The van der Waals surface area contributed by atoms with Gasteiger partial charge in [-0.1, -0.05) is 343 Å². The molecule has 19 heteroatoms. The zero-order valence-corrected chi connectivity index (χ0v) is 98.5. The number of aliphatic hydroxyl groups is 2. The van der Waals surface area contributed by atoms with Gasteiger partial charge < -0.3 is 55.2 Å². The van der Waals surface area contributed by atoms with Crippen molar-refractivity contribution in [3.8, 4) is 23.0 Å². The van der Waals surface area contributed by atoms with Crippen molar-refractivity contribution in [3.05, 3.63) is 301 Å². The molecular weight excluding hydrogens is 1860 g/mol. The molecule has 0 aliphatic carbocycles. The Morgan fingerprint density at radius 3 is 1.04 bits per heavy atom. The van der Waals surface area contributed by atoms with Gasteiger partial charge in [0.2, 0.25) is 5.91 Å². The quantitative estimate of drug-likeness (QED) is 0.00670. The lowest BCUT2D eigenvalue weighted by molar-refractivity contribution is -0.873. The van der Waals surface area contributed by atoms with E-state index in [1.54, 1.807) is 43.5 Å². The number of nitrogens with zero attached hydrogens (tertiary/aromatic N) is 2. The number of hydrogen-bond donors (Lipinski definition) is 8. The molecule has 4 aromatic rings. The van der Waals surface area contributed by atoms with Crippen LogP contribution in [0.4, 0.5) is 5.69 Å². The van der Waals surface area contributed by atoms with E-state index >= 15 is 0 Å². The van der Waals surface area contributed by atoms with Gasteiger partial charge in [0.05, 0.1) is 39.0 Å². The van der Waals surface area contributed by atoms with Gasteiger partial charge in [0.25, 0.3) is 0 Å². The van der Waals surface area contributed by atoms with Gasteiger partial charge in [0.15, 0.2) is 5.78 Å². The number of aromatic carboxylic acids is 1. The van der Waals surface area contributed by atoms with E-state index in [4.69, 9.17) is 19.7 Å². The first-order valence-electron chi connectivity index (χ1n) is 53.7. The van der Waals surface area contributed by atoms with Gasteiger partial charge in [0, 0.05) is 89.4 Å². The fourth-order valence-corrected chi connectivity index (χ4v) is 11.7. The number of benzene rings is 3. The number of carbonyl (C=O) groups is 7. The van der Waals surface area contributed by atoms with Gasteiger partial charge in [-0.05, 0) is 252 Å². The number of aromatic nitrogens is 1. The van der Waals surface area contributed by atoms with Crippen LogP contribution in [0, 0.1) is 34.5 Å². The normalized spacial score (nSPS) is 12.6. The minimum absolute atomic E-state index is 0.0314. The van der Waals surface area contributed by atoms with Gasteiger partial charge in [-0.25, -0.2) is 4.79 Å². The van der Waals surface area contributed by atoms with Crippen LogP contribution in [0.2, 0.25) is 0 Å². The maximum atomic E-state index is 11.8. The number of aromatic hydroxyl groups is 3. The Bertz CT molecular complexity index is 4780. The number of quaternary nitrogens is 1. The first-order valence-corrected chi connectivity index (χ1v) is 53.7. The first-order chi connectivity index (χ1) is 69.5. The highest BCUT2D eigenvalue weighted by Crippen LogP contribution is 2.29. The van der Waals surface area contributed by atoms with E-state index < -0.39 is 17.5 Å². The number of Topliss-reactive ketones (excluding diaryl/α,β-unsaturated/α-hetero) is 4. The summed E-state index contributed by atoms with van der Waals surface area (Å²) in [6.07, 6.45) is 93.0. The summed E-state index contributed by atoms with van der Waals surface area (Å²) in [6, 6.07) is 19.8. The highest BCUT2D eigenvalue weighted by molar-refractivity contribution is 6.02. The maximum absolute atomic E-state index is 11.8. The molecule has 0 aliphatic heterocycles. The molecule has 1 unspecified atom stereocenters. The zero-order chi connectivity index (χ0) is 114. The molecule has 4 rings (SSSR count). The fraction of sp³-hybridized carbons (Fsp3) is 0.523. The molecule has 0 bridgehead atoms. The molecule has 3 aromatic carbocycles. The number of carboxylic acids is 1. The molecule has 1 amide bonds. The smallest absolute Gasteiger partial charge is 0.339 e. The molecule has 8 N–H and O–H groups in total. The fourth-order valence-electron chi connectivity index (χ4n) is 11.7. The number of hydrogen-bond acceptors (Lipinski definition) is 16. The summed E-state index contributed by atoms with van der Waals surface area (Å²) >= 11 is 0. The summed E-state index contributed by atoms with van der Waals surface area (Å²) < 4.78 is 11.6. The number of aliphatic hydroxyl groups excluding tert-OH is 2. The molecule has 0 radical (unpaired) electrons. The molecule has 0 fully saturated rings. The Balaban J connectivity index is -0.000000536. The lowest BCUT2D eigenvalue weighted by Crippen LogP contribution is -2.42. The van der Waals surface area contributed by atoms with Crippen molar-refractivity contribution in [1.82, 2.24) is 10.3 Å². The second-order valence-electron chi connectivity index (χ2n) is 44.8. The van der Waals surface area contributed by atoms with Crippen LogP contribution in [0.3, 0.4) is 0 Å². The largest absolute Gasteiger partial charge is 0.507 e. The third-order valence-corrected chi connectivity index (χ3v) is 19.8. The minimum atomic E-state index is -1.11. The molecule has 0 aliphatic rings. The molecule has 0 saturated carbocycles. The van der Waals surface area contributed by atoms with Crippen LogP contribution < -0.4 is 15.4 Å². The third kappa shape index (κ3) is 98.6. The van der Waals surface area contributed by atoms with E-state index in [-0.39, 0.29) is 98.1 Å².